The molecule has 4 heteroatoms. The fraction of sp³-hybridized carbons (Fsp3) is 0.708. The number of carbonyl (C=O) groups is 1. The fourth-order valence-electron chi connectivity index (χ4n) is 2.96. The summed E-state index contributed by atoms with van der Waals surface area (Å²) in [6.07, 6.45) is 2.99. The lowest BCUT2D eigenvalue weighted by Gasteiger charge is -2.31. The molecular formula is C24H41NO3. The minimum atomic E-state index is 0.0865. The number of hydrogen-bond acceptors (Lipinski definition) is 3. The van der Waals surface area contributed by atoms with Gasteiger partial charge in [-0.2, -0.15) is 0 Å². The van der Waals surface area contributed by atoms with Gasteiger partial charge in [0.05, 0.1) is 12.7 Å². The van der Waals surface area contributed by atoms with E-state index in [0.29, 0.717) is 19.1 Å². The second-order valence-corrected chi connectivity index (χ2v) is 8.70. The summed E-state index contributed by atoms with van der Waals surface area (Å²) in [6, 6.07) is 8.38. The van der Waals surface area contributed by atoms with Crippen LogP contribution in [-0.2, 0) is 16.0 Å². The largest absolute Gasteiger partial charge is 0.494 e. The Labute approximate surface area is 172 Å². The number of rotatable bonds is 13. The first kappa shape index (κ1) is 24.5. The van der Waals surface area contributed by atoms with Crippen LogP contribution in [0.3, 0.4) is 0 Å². The molecule has 0 bridgehead atoms. The van der Waals surface area contributed by atoms with Crippen molar-refractivity contribution in [2.24, 2.45) is 17.3 Å². The molecule has 0 saturated carbocycles. The Kier molecular flexibility index (Phi) is 10.6. The first-order valence-electron chi connectivity index (χ1n) is 10.8. The van der Waals surface area contributed by atoms with Gasteiger partial charge in [-0.1, -0.05) is 46.8 Å². The van der Waals surface area contributed by atoms with E-state index in [9.17, 15) is 4.79 Å². The third kappa shape index (κ3) is 8.64. The van der Waals surface area contributed by atoms with E-state index in [2.05, 4.69) is 45.1 Å². The van der Waals surface area contributed by atoms with E-state index >= 15 is 0 Å². The standard InChI is InChI=1S/C24H41NO3/c1-8-19(4)23(26)25-17-18(3)14-15-28-22-12-10-21(11-13-22)16-24(6,7)20(5)27-9-2/h10-13,18-20H,8-9,14-17H2,1-7H3,(H,25,26). The van der Waals surface area contributed by atoms with Gasteiger partial charge in [-0.05, 0) is 62.1 Å². The molecule has 0 fully saturated rings. The second kappa shape index (κ2) is 12.1. The third-order valence-corrected chi connectivity index (χ3v) is 5.66. The maximum absolute atomic E-state index is 11.8. The molecule has 0 aliphatic carbocycles. The molecule has 28 heavy (non-hydrogen) atoms. The first-order valence-corrected chi connectivity index (χ1v) is 10.8. The summed E-state index contributed by atoms with van der Waals surface area (Å²) < 4.78 is 11.7. The van der Waals surface area contributed by atoms with Crippen LogP contribution >= 0.6 is 0 Å². The molecule has 1 rings (SSSR count). The summed E-state index contributed by atoms with van der Waals surface area (Å²) in [5, 5.41) is 3.02. The van der Waals surface area contributed by atoms with Crippen LogP contribution in [-0.4, -0.2) is 31.8 Å². The van der Waals surface area contributed by atoms with Gasteiger partial charge in [0.2, 0.25) is 5.91 Å². The highest BCUT2D eigenvalue weighted by Crippen LogP contribution is 2.29. The zero-order valence-electron chi connectivity index (χ0n) is 19.0. The van der Waals surface area contributed by atoms with Crippen LogP contribution < -0.4 is 10.1 Å². The Morgan fingerprint density at radius 1 is 1.11 bits per heavy atom. The number of ether oxygens (including phenoxy) is 2. The van der Waals surface area contributed by atoms with Gasteiger partial charge in [0.25, 0.3) is 0 Å². The van der Waals surface area contributed by atoms with Crippen molar-refractivity contribution in [1.82, 2.24) is 5.32 Å². The van der Waals surface area contributed by atoms with Gasteiger partial charge in [0.1, 0.15) is 5.75 Å². The van der Waals surface area contributed by atoms with Crippen molar-refractivity contribution < 1.29 is 14.3 Å². The Morgan fingerprint density at radius 3 is 2.32 bits per heavy atom. The molecule has 1 aromatic rings. The quantitative estimate of drug-likeness (QED) is 0.500. The number of hydrogen-bond donors (Lipinski definition) is 1. The van der Waals surface area contributed by atoms with Gasteiger partial charge in [-0.15, -0.1) is 0 Å². The highest BCUT2D eigenvalue weighted by atomic mass is 16.5. The van der Waals surface area contributed by atoms with Crippen LogP contribution in [0.15, 0.2) is 24.3 Å². The molecule has 160 valence electrons. The normalized spacial score (nSPS) is 15.0. The molecule has 3 unspecified atom stereocenters. The predicted octanol–water partition coefficient (Wildman–Crippen LogP) is 5.25. The van der Waals surface area contributed by atoms with Crippen molar-refractivity contribution in [3.05, 3.63) is 29.8 Å². The van der Waals surface area contributed by atoms with Crippen LogP contribution in [0, 0.1) is 17.3 Å². The monoisotopic (exact) mass is 391 g/mol. The van der Waals surface area contributed by atoms with Gasteiger partial charge in [-0.3, -0.25) is 4.79 Å². The maximum Gasteiger partial charge on any atom is 0.222 e. The van der Waals surface area contributed by atoms with E-state index in [0.717, 1.165) is 31.6 Å². The Balaban J connectivity index is 2.38. The average Bonchev–Trinajstić information content (AvgIpc) is 2.66. The predicted molar refractivity (Wildman–Crippen MR) is 117 cm³/mol. The molecule has 1 amide bonds. The second-order valence-electron chi connectivity index (χ2n) is 8.70. The van der Waals surface area contributed by atoms with Crippen molar-refractivity contribution in [1.29, 1.82) is 0 Å². The fourth-order valence-corrected chi connectivity index (χ4v) is 2.96. The Hall–Kier alpha value is -1.55. The van der Waals surface area contributed by atoms with Crippen LogP contribution in [0.4, 0.5) is 0 Å². The van der Waals surface area contributed by atoms with Crippen LogP contribution in [0.1, 0.15) is 66.9 Å². The first-order chi connectivity index (χ1) is 13.2. The lowest BCUT2D eigenvalue weighted by Crippen LogP contribution is -2.32. The topological polar surface area (TPSA) is 47.6 Å². The molecule has 0 spiro atoms. The lowest BCUT2D eigenvalue weighted by molar-refractivity contribution is -0.124. The summed E-state index contributed by atoms with van der Waals surface area (Å²) in [4.78, 5) is 11.8. The number of carbonyl (C=O) groups excluding carboxylic acids is 1. The SMILES string of the molecule is CCOC(C)C(C)(C)Cc1ccc(OCCC(C)CNC(=O)C(C)CC)cc1. The summed E-state index contributed by atoms with van der Waals surface area (Å²) in [7, 11) is 0. The zero-order chi connectivity index (χ0) is 21.2. The molecule has 0 heterocycles. The van der Waals surface area contributed by atoms with Crippen molar-refractivity contribution >= 4 is 5.91 Å². The molecule has 1 N–H and O–H groups in total. The Morgan fingerprint density at radius 2 is 1.75 bits per heavy atom. The van der Waals surface area contributed by atoms with E-state index in [1.807, 2.05) is 32.9 Å². The van der Waals surface area contributed by atoms with E-state index in [-0.39, 0.29) is 23.3 Å². The van der Waals surface area contributed by atoms with Crippen LogP contribution in [0.5, 0.6) is 5.75 Å². The highest BCUT2D eigenvalue weighted by molar-refractivity contribution is 5.78. The number of benzene rings is 1. The summed E-state index contributed by atoms with van der Waals surface area (Å²) in [5.41, 5.74) is 1.39. The van der Waals surface area contributed by atoms with Gasteiger partial charge in [0, 0.05) is 19.1 Å². The van der Waals surface area contributed by atoms with E-state index in [1.54, 1.807) is 0 Å². The smallest absolute Gasteiger partial charge is 0.222 e. The molecule has 0 aliphatic rings. The zero-order valence-corrected chi connectivity index (χ0v) is 19.0. The molecule has 0 saturated heterocycles. The van der Waals surface area contributed by atoms with Crippen LogP contribution in [0.25, 0.3) is 0 Å². The Bertz CT molecular complexity index is 568. The van der Waals surface area contributed by atoms with Gasteiger partial charge in [0.15, 0.2) is 0 Å². The summed E-state index contributed by atoms with van der Waals surface area (Å²) >= 11 is 0. The number of amides is 1. The van der Waals surface area contributed by atoms with Crippen LogP contribution in [0.2, 0.25) is 0 Å². The molecule has 3 atom stereocenters. The molecular weight excluding hydrogens is 350 g/mol. The molecule has 1 aromatic carbocycles. The maximum atomic E-state index is 11.8. The molecule has 0 radical (unpaired) electrons. The van der Waals surface area contributed by atoms with Crippen molar-refractivity contribution in [2.45, 2.75) is 73.8 Å². The summed E-state index contributed by atoms with van der Waals surface area (Å²) in [5.74, 6) is 1.53. The highest BCUT2D eigenvalue weighted by Gasteiger charge is 2.26. The van der Waals surface area contributed by atoms with Gasteiger partial charge in [-0.25, -0.2) is 0 Å². The molecule has 0 aromatic heterocycles. The van der Waals surface area contributed by atoms with E-state index < -0.39 is 0 Å². The van der Waals surface area contributed by atoms with E-state index in [1.165, 1.54) is 5.56 Å². The molecule has 4 nitrogen and oxygen atoms in total. The average molecular weight is 392 g/mol. The number of nitrogens with one attached hydrogen (secondary N) is 1. The lowest BCUT2D eigenvalue weighted by atomic mass is 9.81. The minimum absolute atomic E-state index is 0.0865. The van der Waals surface area contributed by atoms with Crippen molar-refractivity contribution in [3.63, 3.8) is 0 Å². The van der Waals surface area contributed by atoms with Gasteiger partial charge >= 0.3 is 0 Å². The van der Waals surface area contributed by atoms with E-state index in [4.69, 9.17) is 9.47 Å². The summed E-state index contributed by atoms with van der Waals surface area (Å²) in [6.45, 7) is 16.9. The third-order valence-electron chi connectivity index (χ3n) is 5.66. The van der Waals surface area contributed by atoms with Crippen molar-refractivity contribution in [2.75, 3.05) is 19.8 Å². The van der Waals surface area contributed by atoms with Gasteiger partial charge < -0.3 is 14.8 Å². The van der Waals surface area contributed by atoms with Crippen molar-refractivity contribution in [3.8, 4) is 5.75 Å². The minimum Gasteiger partial charge on any atom is -0.494 e. The molecule has 0 aliphatic heterocycles.